The highest BCUT2D eigenvalue weighted by atomic mass is 32.1. The SMILES string of the molecule is O=C([O-])c1ccc(NC(=O)c2csc3c2CCCC3)cc1. The van der Waals surface area contributed by atoms with E-state index >= 15 is 0 Å². The van der Waals surface area contributed by atoms with Gasteiger partial charge in [0.15, 0.2) is 0 Å². The van der Waals surface area contributed by atoms with Gasteiger partial charge in [-0.15, -0.1) is 11.3 Å². The molecular formula is C16H14NO3S-. The summed E-state index contributed by atoms with van der Waals surface area (Å²) in [6, 6.07) is 5.99. The number of rotatable bonds is 3. The summed E-state index contributed by atoms with van der Waals surface area (Å²) in [5.41, 5.74) is 2.61. The van der Waals surface area contributed by atoms with E-state index in [2.05, 4.69) is 5.32 Å². The van der Waals surface area contributed by atoms with Crippen molar-refractivity contribution in [1.82, 2.24) is 0 Å². The number of nitrogens with one attached hydrogen (secondary N) is 1. The van der Waals surface area contributed by atoms with Crippen LogP contribution in [0.15, 0.2) is 29.6 Å². The van der Waals surface area contributed by atoms with Gasteiger partial charge in [-0.2, -0.15) is 0 Å². The molecule has 1 heterocycles. The number of carbonyl (C=O) groups excluding carboxylic acids is 2. The predicted molar refractivity (Wildman–Crippen MR) is 79.7 cm³/mol. The minimum atomic E-state index is -1.22. The van der Waals surface area contributed by atoms with E-state index in [1.165, 1.54) is 29.0 Å². The van der Waals surface area contributed by atoms with E-state index in [1.54, 1.807) is 23.5 Å². The first-order chi connectivity index (χ1) is 10.1. The average Bonchev–Trinajstić information content (AvgIpc) is 2.92. The number of hydrogen-bond donors (Lipinski definition) is 1. The number of carbonyl (C=O) groups is 2. The third kappa shape index (κ3) is 2.83. The van der Waals surface area contributed by atoms with Crippen molar-refractivity contribution in [3.8, 4) is 0 Å². The molecule has 0 fully saturated rings. The fraction of sp³-hybridized carbons (Fsp3) is 0.250. The van der Waals surface area contributed by atoms with Crippen molar-refractivity contribution < 1.29 is 14.7 Å². The molecule has 0 spiro atoms. The molecular weight excluding hydrogens is 286 g/mol. The highest BCUT2D eigenvalue weighted by Crippen LogP contribution is 2.30. The topological polar surface area (TPSA) is 69.2 Å². The van der Waals surface area contributed by atoms with Gasteiger partial charge in [0.2, 0.25) is 0 Å². The number of aromatic carboxylic acids is 1. The van der Waals surface area contributed by atoms with Crippen LogP contribution in [0.2, 0.25) is 0 Å². The molecule has 0 bridgehead atoms. The highest BCUT2D eigenvalue weighted by molar-refractivity contribution is 7.10. The monoisotopic (exact) mass is 300 g/mol. The Balaban J connectivity index is 1.77. The summed E-state index contributed by atoms with van der Waals surface area (Å²) >= 11 is 1.65. The molecule has 4 nitrogen and oxygen atoms in total. The summed E-state index contributed by atoms with van der Waals surface area (Å²) in [7, 11) is 0. The molecule has 1 aromatic carbocycles. The number of hydrogen-bond acceptors (Lipinski definition) is 4. The Morgan fingerprint density at radius 3 is 2.52 bits per heavy atom. The van der Waals surface area contributed by atoms with E-state index < -0.39 is 5.97 Å². The second-order valence-corrected chi connectivity index (χ2v) is 6.04. The molecule has 0 unspecified atom stereocenters. The lowest BCUT2D eigenvalue weighted by Crippen LogP contribution is -2.22. The highest BCUT2D eigenvalue weighted by Gasteiger charge is 2.20. The molecule has 1 N–H and O–H groups in total. The van der Waals surface area contributed by atoms with Crippen LogP contribution in [0.4, 0.5) is 5.69 Å². The lowest BCUT2D eigenvalue weighted by atomic mass is 9.95. The van der Waals surface area contributed by atoms with Gasteiger partial charge < -0.3 is 15.2 Å². The number of amides is 1. The number of carboxylic acid groups (broad SMARTS) is 1. The summed E-state index contributed by atoms with van der Waals surface area (Å²) in [5, 5.41) is 15.4. The maximum Gasteiger partial charge on any atom is 0.256 e. The Morgan fingerprint density at radius 1 is 1.10 bits per heavy atom. The maximum atomic E-state index is 12.3. The maximum absolute atomic E-state index is 12.3. The van der Waals surface area contributed by atoms with Crippen LogP contribution in [0.1, 0.15) is 44.0 Å². The van der Waals surface area contributed by atoms with Gasteiger partial charge in [-0.3, -0.25) is 4.79 Å². The number of fused-ring (bicyclic) bond motifs is 1. The Hall–Kier alpha value is -2.14. The van der Waals surface area contributed by atoms with Crippen LogP contribution in [0.3, 0.4) is 0 Å². The minimum absolute atomic E-state index is 0.0981. The van der Waals surface area contributed by atoms with Crippen LogP contribution in [-0.4, -0.2) is 11.9 Å². The Labute approximate surface area is 126 Å². The Morgan fingerprint density at radius 2 is 1.81 bits per heavy atom. The number of thiophene rings is 1. The van der Waals surface area contributed by atoms with Crippen molar-refractivity contribution in [3.63, 3.8) is 0 Å². The fourth-order valence-electron chi connectivity index (χ4n) is 2.57. The first kappa shape index (κ1) is 13.8. The van der Waals surface area contributed by atoms with Crippen LogP contribution in [0.5, 0.6) is 0 Å². The van der Waals surface area contributed by atoms with Gasteiger partial charge >= 0.3 is 0 Å². The summed E-state index contributed by atoms with van der Waals surface area (Å²) in [6.45, 7) is 0. The lowest BCUT2D eigenvalue weighted by Gasteiger charge is -2.13. The summed E-state index contributed by atoms with van der Waals surface area (Å²) < 4.78 is 0. The molecule has 108 valence electrons. The normalized spacial score (nSPS) is 13.5. The third-order valence-corrected chi connectivity index (χ3v) is 4.77. The number of aryl methyl sites for hydroxylation is 1. The first-order valence-corrected chi connectivity index (χ1v) is 7.75. The molecule has 0 aliphatic heterocycles. The van der Waals surface area contributed by atoms with Gasteiger partial charge in [-0.1, -0.05) is 12.1 Å². The van der Waals surface area contributed by atoms with Crippen molar-refractivity contribution in [2.45, 2.75) is 25.7 Å². The van der Waals surface area contributed by atoms with E-state index in [1.807, 2.05) is 5.38 Å². The quantitative estimate of drug-likeness (QED) is 0.945. The third-order valence-electron chi connectivity index (χ3n) is 3.68. The van der Waals surface area contributed by atoms with Crippen LogP contribution in [0.25, 0.3) is 0 Å². The Kier molecular flexibility index (Phi) is 3.75. The van der Waals surface area contributed by atoms with Crippen molar-refractivity contribution in [1.29, 1.82) is 0 Å². The van der Waals surface area contributed by atoms with Gasteiger partial charge in [0, 0.05) is 15.9 Å². The van der Waals surface area contributed by atoms with E-state index in [-0.39, 0.29) is 11.5 Å². The van der Waals surface area contributed by atoms with Crippen LogP contribution in [-0.2, 0) is 12.8 Å². The van der Waals surface area contributed by atoms with Crippen molar-refractivity contribution in [2.75, 3.05) is 5.32 Å². The molecule has 0 radical (unpaired) electrons. The fourth-order valence-corrected chi connectivity index (χ4v) is 3.70. The zero-order valence-electron chi connectivity index (χ0n) is 11.3. The lowest BCUT2D eigenvalue weighted by molar-refractivity contribution is -0.255. The molecule has 1 aromatic heterocycles. The van der Waals surface area contributed by atoms with Gasteiger partial charge in [-0.05, 0) is 48.9 Å². The average molecular weight is 300 g/mol. The molecule has 3 rings (SSSR count). The summed E-state index contributed by atoms with van der Waals surface area (Å²) in [4.78, 5) is 24.3. The second kappa shape index (κ2) is 5.69. The smallest absolute Gasteiger partial charge is 0.256 e. The number of carboxylic acids is 1. The zero-order valence-corrected chi connectivity index (χ0v) is 12.2. The van der Waals surface area contributed by atoms with E-state index in [0.29, 0.717) is 5.69 Å². The van der Waals surface area contributed by atoms with Gasteiger partial charge in [0.05, 0.1) is 11.5 Å². The molecule has 0 saturated heterocycles. The van der Waals surface area contributed by atoms with Gasteiger partial charge in [0.1, 0.15) is 0 Å². The molecule has 0 atom stereocenters. The van der Waals surface area contributed by atoms with Crippen molar-refractivity contribution >= 4 is 28.9 Å². The molecule has 1 aliphatic carbocycles. The summed E-state index contributed by atoms with van der Waals surface area (Å²) in [6.07, 6.45) is 4.35. The van der Waals surface area contributed by atoms with Crippen LogP contribution >= 0.6 is 11.3 Å². The van der Waals surface area contributed by atoms with Crippen LogP contribution in [0, 0.1) is 0 Å². The standard InChI is InChI=1S/C16H15NO3S/c18-15(13-9-21-14-4-2-1-3-12(13)14)17-11-7-5-10(6-8-11)16(19)20/h5-9H,1-4H2,(H,17,18)(H,19,20)/p-1. The molecule has 0 saturated carbocycles. The molecule has 5 heteroatoms. The minimum Gasteiger partial charge on any atom is -0.545 e. The number of benzene rings is 1. The van der Waals surface area contributed by atoms with E-state index in [4.69, 9.17) is 0 Å². The van der Waals surface area contributed by atoms with Gasteiger partial charge in [-0.25, -0.2) is 0 Å². The second-order valence-electron chi connectivity index (χ2n) is 5.08. The van der Waals surface area contributed by atoms with Crippen molar-refractivity contribution in [3.05, 3.63) is 51.2 Å². The first-order valence-electron chi connectivity index (χ1n) is 6.87. The van der Waals surface area contributed by atoms with E-state index in [0.717, 1.165) is 24.8 Å². The molecule has 21 heavy (non-hydrogen) atoms. The Bertz CT molecular complexity index is 688. The predicted octanol–water partition coefficient (Wildman–Crippen LogP) is 2.24. The number of anilines is 1. The van der Waals surface area contributed by atoms with Crippen molar-refractivity contribution in [2.24, 2.45) is 0 Å². The van der Waals surface area contributed by atoms with Gasteiger partial charge in [0.25, 0.3) is 5.91 Å². The van der Waals surface area contributed by atoms with Crippen LogP contribution < -0.4 is 10.4 Å². The largest absolute Gasteiger partial charge is 0.545 e. The summed E-state index contributed by atoms with van der Waals surface area (Å²) in [5.74, 6) is -1.35. The molecule has 1 amide bonds. The molecule has 1 aliphatic rings. The van der Waals surface area contributed by atoms with E-state index in [9.17, 15) is 14.7 Å². The molecule has 2 aromatic rings. The zero-order chi connectivity index (χ0) is 14.8.